The molecule has 5 nitrogen and oxygen atoms in total. The van der Waals surface area contributed by atoms with Gasteiger partial charge in [0.05, 0.1) is 7.11 Å². The van der Waals surface area contributed by atoms with Crippen molar-refractivity contribution in [3.8, 4) is 5.75 Å². The van der Waals surface area contributed by atoms with E-state index in [0.717, 1.165) is 11.3 Å². The lowest BCUT2D eigenvalue weighted by atomic mass is 9.92. The fourth-order valence-corrected chi connectivity index (χ4v) is 2.27. The molecule has 1 aliphatic carbocycles. The summed E-state index contributed by atoms with van der Waals surface area (Å²) in [5.74, 6) is 0.769. The summed E-state index contributed by atoms with van der Waals surface area (Å²) in [5.41, 5.74) is 0.995. The molecule has 2 rings (SSSR count). The van der Waals surface area contributed by atoms with Crippen molar-refractivity contribution in [2.45, 2.75) is 37.3 Å². The summed E-state index contributed by atoms with van der Waals surface area (Å²) in [6.07, 6.45) is 0.881. The molecule has 0 spiro atoms. The summed E-state index contributed by atoms with van der Waals surface area (Å²) < 4.78 is 5.10. The van der Waals surface area contributed by atoms with E-state index in [-0.39, 0.29) is 6.04 Å². The second-order valence-electron chi connectivity index (χ2n) is 4.95. The van der Waals surface area contributed by atoms with Crippen molar-refractivity contribution >= 4 is 0 Å². The van der Waals surface area contributed by atoms with Crippen molar-refractivity contribution in [1.29, 1.82) is 0 Å². The van der Waals surface area contributed by atoms with Crippen LogP contribution in [0.1, 0.15) is 18.5 Å². The van der Waals surface area contributed by atoms with Crippen LogP contribution in [0.25, 0.3) is 0 Å². The lowest BCUT2D eigenvalue weighted by Crippen LogP contribution is -2.55. The highest BCUT2D eigenvalue weighted by Crippen LogP contribution is 2.21. The van der Waals surface area contributed by atoms with Crippen LogP contribution in [0.4, 0.5) is 0 Å². The van der Waals surface area contributed by atoms with Gasteiger partial charge < -0.3 is 20.1 Å². The number of benzene rings is 1. The van der Waals surface area contributed by atoms with Crippen molar-refractivity contribution < 1.29 is 20.1 Å². The van der Waals surface area contributed by atoms with Crippen LogP contribution in [0.5, 0.6) is 5.75 Å². The van der Waals surface area contributed by atoms with Gasteiger partial charge in [0, 0.05) is 6.04 Å². The number of aliphatic hydroxyl groups excluding tert-OH is 3. The monoisotopic (exact) mass is 278 g/mol. The lowest BCUT2D eigenvalue weighted by molar-refractivity contribution is -0.0239. The van der Waals surface area contributed by atoms with Gasteiger partial charge in [0.25, 0.3) is 12.2 Å². The minimum atomic E-state index is -1.06. The molecule has 5 heteroatoms. The van der Waals surface area contributed by atoms with Crippen LogP contribution in [0.15, 0.2) is 30.3 Å². The van der Waals surface area contributed by atoms with Crippen LogP contribution >= 0.6 is 0 Å². The van der Waals surface area contributed by atoms with Gasteiger partial charge in [-0.3, -0.25) is 5.32 Å². The molecule has 1 aromatic rings. The van der Waals surface area contributed by atoms with Gasteiger partial charge in [0.15, 0.2) is 6.08 Å². The zero-order valence-electron chi connectivity index (χ0n) is 11.5. The number of ether oxygens (including phenoxy) is 1. The first-order valence-electron chi connectivity index (χ1n) is 6.56. The molecule has 1 aromatic carbocycles. The van der Waals surface area contributed by atoms with Crippen LogP contribution in [0.2, 0.25) is 0 Å². The Labute approximate surface area is 118 Å². The van der Waals surface area contributed by atoms with E-state index < -0.39 is 24.4 Å². The average molecular weight is 278 g/mol. The Morgan fingerprint density at radius 3 is 2.45 bits per heavy atom. The summed E-state index contributed by atoms with van der Waals surface area (Å²) >= 11 is 0. The Bertz CT molecular complexity index is 459. The second kappa shape index (κ2) is 6.31. The predicted octanol–water partition coefficient (Wildman–Crippen LogP) is 0.170. The van der Waals surface area contributed by atoms with Crippen molar-refractivity contribution in [3.63, 3.8) is 0 Å². The van der Waals surface area contributed by atoms with Crippen molar-refractivity contribution in [2.75, 3.05) is 7.11 Å². The molecule has 5 atom stereocenters. The molecule has 0 amide bonds. The van der Waals surface area contributed by atoms with Crippen LogP contribution in [0.3, 0.4) is 0 Å². The van der Waals surface area contributed by atoms with Gasteiger partial charge in [-0.05, 0) is 24.6 Å². The molecule has 1 aliphatic rings. The predicted molar refractivity (Wildman–Crippen MR) is 74.2 cm³/mol. The summed E-state index contributed by atoms with van der Waals surface area (Å²) in [6, 6.07) is 6.77. The third kappa shape index (κ3) is 3.15. The average Bonchev–Trinajstić information content (AvgIpc) is 2.47. The summed E-state index contributed by atoms with van der Waals surface area (Å²) in [4.78, 5) is 0. The molecule has 0 saturated heterocycles. The van der Waals surface area contributed by atoms with Gasteiger partial charge in [-0.15, -0.1) is 0 Å². The molecule has 0 aliphatic heterocycles. The van der Waals surface area contributed by atoms with E-state index in [1.807, 2.05) is 31.2 Å². The summed E-state index contributed by atoms with van der Waals surface area (Å²) in [6.45, 7) is 1.92. The second-order valence-corrected chi connectivity index (χ2v) is 4.95. The molecule has 0 fully saturated rings. The summed E-state index contributed by atoms with van der Waals surface area (Å²) in [7, 11) is 1.61. The first kappa shape index (κ1) is 14.9. The highest BCUT2D eigenvalue weighted by atomic mass is 16.5. The van der Waals surface area contributed by atoms with Gasteiger partial charge in [-0.2, -0.15) is 0 Å². The van der Waals surface area contributed by atoms with Gasteiger partial charge in [0.1, 0.15) is 24.0 Å². The van der Waals surface area contributed by atoms with Crippen LogP contribution in [-0.2, 0) is 0 Å². The number of methoxy groups -OCH3 is 1. The van der Waals surface area contributed by atoms with Gasteiger partial charge in [0.2, 0.25) is 0 Å². The molecule has 108 valence electrons. The fourth-order valence-electron chi connectivity index (χ4n) is 2.27. The maximum absolute atomic E-state index is 9.92. The maximum atomic E-state index is 9.92. The number of hydrogen-bond acceptors (Lipinski definition) is 5. The summed E-state index contributed by atoms with van der Waals surface area (Å²) in [5, 5.41) is 32.5. The molecule has 0 saturated carbocycles. The zero-order valence-corrected chi connectivity index (χ0v) is 11.5. The number of rotatable bonds is 4. The molecule has 4 N–H and O–H groups in total. The third-order valence-corrected chi connectivity index (χ3v) is 3.55. The van der Waals surface area contributed by atoms with Crippen LogP contribution in [-0.4, -0.2) is 46.8 Å². The minimum Gasteiger partial charge on any atom is -0.497 e. The topological polar surface area (TPSA) is 82.0 Å². The number of nitrogens with one attached hydrogen (secondary N) is 1. The smallest absolute Gasteiger partial charge is 0.291 e. The van der Waals surface area contributed by atoms with E-state index in [9.17, 15) is 15.3 Å². The van der Waals surface area contributed by atoms with E-state index in [2.05, 4.69) is 11.4 Å². The van der Waals surface area contributed by atoms with Crippen molar-refractivity contribution in [3.05, 3.63) is 42.0 Å². The first-order valence-corrected chi connectivity index (χ1v) is 6.56. The molecule has 0 bridgehead atoms. The lowest BCUT2D eigenvalue weighted by Gasteiger charge is -2.29. The highest BCUT2D eigenvalue weighted by Gasteiger charge is 2.42. The molecular formula is C15H20NO4+. The molecule has 20 heavy (non-hydrogen) atoms. The molecule has 0 radical (unpaired) electrons. The van der Waals surface area contributed by atoms with Crippen LogP contribution in [0, 0.1) is 6.08 Å². The van der Waals surface area contributed by atoms with E-state index in [4.69, 9.17) is 4.74 Å². The Hall–Kier alpha value is -1.49. The Morgan fingerprint density at radius 1 is 1.20 bits per heavy atom. The third-order valence-electron chi connectivity index (χ3n) is 3.55. The maximum Gasteiger partial charge on any atom is 0.291 e. The largest absolute Gasteiger partial charge is 0.497 e. The van der Waals surface area contributed by atoms with Gasteiger partial charge in [-0.25, -0.2) is 0 Å². The first-order chi connectivity index (χ1) is 9.52. The quantitative estimate of drug-likeness (QED) is 0.590. The Balaban J connectivity index is 2.06. The van der Waals surface area contributed by atoms with E-state index in [1.165, 1.54) is 6.08 Å². The van der Waals surface area contributed by atoms with Gasteiger partial charge >= 0.3 is 0 Å². The molecule has 0 aromatic heterocycles. The van der Waals surface area contributed by atoms with E-state index in [0.29, 0.717) is 0 Å². The Morgan fingerprint density at radius 2 is 1.85 bits per heavy atom. The molecule has 0 heterocycles. The van der Waals surface area contributed by atoms with Crippen LogP contribution < -0.4 is 10.1 Å². The number of hydrogen-bond donors (Lipinski definition) is 4. The molecule has 0 unspecified atom stereocenters. The van der Waals surface area contributed by atoms with Crippen molar-refractivity contribution in [1.82, 2.24) is 5.32 Å². The number of aliphatic hydroxyl groups is 3. The normalized spacial score (nSPS) is 30.6. The Kier molecular flexibility index (Phi) is 4.70. The van der Waals surface area contributed by atoms with E-state index in [1.54, 1.807) is 7.11 Å². The van der Waals surface area contributed by atoms with E-state index >= 15 is 0 Å². The SMILES string of the molecule is COc1ccc([C@@H](C)N[C@H]2[C@H](O)[C@H](O)C=[C+][C@H]2O)cc1. The van der Waals surface area contributed by atoms with Gasteiger partial charge in [-0.1, -0.05) is 12.1 Å². The van der Waals surface area contributed by atoms with Crippen molar-refractivity contribution in [2.24, 2.45) is 0 Å². The minimum absolute atomic E-state index is 0.0951. The fraction of sp³-hybridized carbons (Fsp3) is 0.467. The zero-order chi connectivity index (χ0) is 14.7. The highest BCUT2D eigenvalue weighted by molar-refractivity contribution is 5.29. The standard InChI is InChI=1S/C15H20NO4/c1-9(10-3-5-11(20-2)6-4-10)16-14-12(17)7-8-13(18)15(14)19/h3-6,8-9,12-19H,1-2H3/q+1/t9-,12-,13-,14-,15-/m1/s1. The molecular weight excluding hydrogens is 258 g/mol.